The second-order valence-corrected chi connectivity index (χ2v) is 4.99. The summed E-state index contributed by atoms with van der Waals surface area (Å²) < 4.78 is 18.9. The van der Waals surface area contributed by atoms with Crippen LogP contribution in [-0.2, 0) is 4.79 Å². The van der Waals surface area contributed by atoms with Crippen LogP contribution in [0.3, 0.4) is 0 Å². The molecule has 0 radical (unpaired) electrons. The van der Waals surface area contributed by atoms with Gasteiger partial charge in [0.1, 0.15) is 0 Å². The highest BCUT2D eigenvalue weighted by atomic mass is 32.2. The summed E-state index contributed by atoms with van der Waals surface area (Å²) in [5.74, 6) is 0.0619. The maximum Gasteiger partial charge on any atom is 0.236 e. The number of rotatable bonds is 5. The lowest BCUT2D eigenvalue weighted by Gasteiger charge is -2.05. The number of thioether (sulfide) groups is 1. The Morgan fingerprint density at radius 3 is 3.05 bits per heavy atom. The van der Waals surface area contributed by atoms with Crippen molar-refractivity contribution in [1.29, 1.82) is 0 Å². The van der Waals surface area contributed by atoms with E-state index in [0.29, 0.717) is 23.1 Å². The van der Waals surface area contributed by atoms with E-state index < -0.39 is 5.82 Å². The molecule has 1 fully saturated rings. The van der Waals surface area contributed by atoms with Gasteiger partial charge in [0.05, 0.1) is 18.6 Å². The summed E-state index contributed by atoms with van der Waals surface area (Å²) >= 11 is 1.28. The third-order valence-corrected chi connectivity index (χ3v) is 3.22. The van der Waals surface area contributed by atoms with Crippen molar-refractivity contribution in [2.24, 2.45) is 10.2 Å². The number of hydrogen-bond acceptors (Lipinski definition) is 5. The highest BCUT2D eigenvalue weighted by Gasteiger charge is 2.15. The Bertz CT molecular complexity index is 561. The molecule has 106 valence electrons. The maximum absolute atomic E-state index is 13.7. The van der Waals surface area contributed by atoms with Crippen LogP contribution in [0.4, 0.5) is 4.39 Å². The molecule has 1 amide bonds. The minimum Gasteiger partial charge on any atom is -0.491 e. The van der Waals surface area contributed by atoms with Crippen LogP contribution in [0.1, 0.15) is 18.9 Å². The average Bonchev–Trinajstić information content (AvgIpc) is 2.84. The van der Waals surface area contributed by atoms with Gasteiger partial charge in [0, 0.05) is 0 Å². The Kier molecular flexibility index (Phi) is 5.11. The minimum atomic E-state index is -0.432. The Morgan fingerprint density at radius 1 is 1.55 bits per heavy atom. The molecule has 0 aromatic heterocycles. The van der Waals surface area contributed by atoms with Gasteiger partial charge in [-0.25, -0.2) is 4.39 Å². The molecule has 20 heavy (non-hydrogen) atoms. The molecule has 0 aliphatic carbocycles. The summed E-state index contributed by atoms with van der Waals surface area (Å²) in [5, 5.41) is 10.6. The summed E-state index contributed by atoms with van der Waals surface area (Å²) in [6.45, 7) is 2.44. The molecule has 0 spiro atoms. The fourth-order valence-corrected chi connectivity index (χ4v) is 2.08. The average molecular weight is 295 g/mol. The van der Waals surface area contributed by atoms with Crippen LogP contribution in [0.5, 0.6) is 5.75 Å². The Morgan fingerprint density at radius 2 is 2.40 bits per heavy atom. The molecule has 1 saturated heterocycles. The summed E-state index contributed by atoms with van der Waals surface area (Å²) in [7, 11) is 0. The lowest BCUT2D eigenvalue weighted by Crippen LogP contribution is -2.19. The standard InChI is InChI=1S/C13H14FN3O2S/c1-2-5-19-11-4-3-9(6-10(11)14)7-15-17-13-16-12(18)8-20-13/h3-4,6-7H,2,5,8H2,1H3,(H,16,17,18). The lowest BCUT2D eigenvalue weighted by molar-refractivity contribution is -0.116. The Balaban J connectivity index is 1.99. The molecule has 1 aromatic rings. The predicted octanol–water partition coefficient (Wildman–Crippen LogP) is 2.17. The Labute approximate surface area is 120 Å². The van der Waals surface area contributed by atoms with Crippen LogP contribution in [0.25, 0.3) is 0 Å². The molecule has 0 atom stereocenters. The van der Waals surface area contributed by atoms with E-state index in [-0.39, 0.29) is 11.7 Å². The van der Waals surface area contributed by atoms with Gasteiger partial charge >= 0.3 is 0 Å². The first kappa shape index (κ1) is 14.5. The first-order chi connectivity index (χ1) is 9.69. The van der Waals surface area contributed by atoms with E-state index in [1.54, 1.807) is 12.1 Å². The van der Waals surface area contributed by atoms with Gasteiger partial charge in [-0.15, -0.1) is 5.10 Å². The number of amides is 1. The predicted molar refractivity (Wildman–Crippen MR) is 77.8 cm³/mol. The molecule has 0 saturated carbocycles. The molecular formula is C13H14FN3O2S. The van der Waals surface area contributed by atoms with Gasteiger partial charge in [-0.2, -0.15) is 5.10 Å². The molecule has 1 aliphatic heterocycles. The van der Waals surface area contributed by atoms with Gasteiger partial charge in [-0.3, -0.25) is 4.79 Å². The second-order valence-electron chi connectivity index (χ2n) is 4.02. The highest BCUT2D eigenvalue weighted by molar-refractivity contribution is 8.15. The van der Waals surface area contributed by atoms with Crippen LogP contribution in [0.2, 0.25) is 0 Å². The number of nitrogens with zero attached hydrogens (tertiary/aromatic N) is 2. The third kappa shape index (κ3) is 4.06. The fraction of sp³-hybridized carbons (Fsp3) is 0.308. The van der Waals surface area contributed by atoms with Crippen molar-refractivity contribution in [3.63, 3.8) is 0 Å². The van der Waals surface area contributed by atoms with E-state index in [9.17, 15) is 9.18 Å². The lowest BCUT2D eigenvalue weighted by atomic mass is 10.2. The molecule has 1 aromatic carbocycles. The molecular weight excluding hydrogens is 281 g/mol. The first-order valence-corrected chi connectivity index (χ1v) is 7.13. The third-order valence-electron chi connectivity index (χ3n) is 2.36. The number of carbonyl (C=O) groups excluding carboxylic acids is 1. The number of carbonyl (C=O) groups is 1. The van der Waals surface area contributed by atoms with E-state index in [2.05, 4.69) is 15.5 Å². The van der Waals surface area contributed by atoms with E-state index in [1.807, 2.05) is 6.92 Å². The van der Waals surface area contributed by atoms with E-state index >= 15 is 0 Å². The summed E-state index contributed by atoms with van der Waals surface area (Å²) in [5.41, 5.74) is 0.574. The van der Waals surface area contributed by atoms with Gasteiger partial charge in [-0.1, -0.05) is 18.7 Å². The number of nitrogens with one attached hydrogen (secondary N) is 1. The number of benzene rings is 1. The fourth-order valence-electron chi connectivity index (χ4n) is 1.45. The van der Waals surface area contributed by atoms with Crippen molar-refractivity contribution in [1.82, 2.24) is 5.32 Å². The van der Waals surface area contributed by atoms with Crippen molar-refractivity contribution >= 4 is 29.1 Å². The number of amidine groups is 1. The minimum absolute atomic E-state index is 0.0904. The summed E-state index contributed by atoms with van der Waals surface area (Å²) in [6, 6.07) is 4.58. The summed E-state index contributed by atoms with van der Waals surface area (Å²) in [4.78, 5) is 10.9. The number of ether oxygens (including phenoxy) is 1. The molecule has 0 bridgehead atoms. The quantitative estimate of drug-likeness (QED) is 0.669. The van der Waals surface area contributed by atoms with Crippen LogP contribution < -0.4 is 10.1 Å². The molecule has 5 nitrogen and oxygen atoms in total. The zero-order valence-electron chi connectivity index (χ0n) is 10.9. The SMILES string of the molecule is CCCOc1ccc(C=NN=C2NC(=O)CS2)cc1F. The molecule has 1 aliphatic rings. The van der Waals surface area contributed by atoms with Crippen LogP contribution in [0.15, 0.2) is 28.4 Å². The van der Waals surface area contributed by atoms with E-state index in [4.69, 9.17) is 4.74 Å². The second kappa shape index (κ2) is 7.04. The first-order valence-electron chi connectivity index (χ1n) is 6.15. The van der Waals surface area contributed by atoms with Gasteiger partial charge in [0.15, 0.2) is 16.7 Å². The van der Waals surface area contributed by atoms with Gasteiger partial charge in [-0.05, 0) is 30.2 Å². The zero-order valence-corrected chi connectivity index (χ0v) is 11.7. The van der Waals surface area contributed by atoms with Crippen molar-refractivity contribution in [3.05, 3.63) is 29.6 Å². The highest BCUT2D eigenvalue weighted by Crippen LogP contribution is 2.18. The molecule has 0 unspecified atom stereocenters. The van der Waals surface area contributed by atoms with Gasteiger partial charge in [0.2, 0.25) is 5.91 Å². The monoisotopic (exact) mass is 295 g/mol. The van der Waals surface area contributed by atoms with Gasteiger partial charge < -0.3 is 10.1 Å². The number of hydrogen-bond donors (Lipinski definition) is 1. The van der Waals surface area contributed by atoms with E-state index in [0.717, 1.165) is 6.42 Å². The van der Waals surface area contributed by atoms with Crippen molar-refractivity contribution in [2.45, 2.75) is 13.3 Å². The van der Waals surface area contributed by atoms with Crippen LogP contribution in [0, 0.1) is 5.82 Å². The smallest absolute Gasteiger partial charge is 0.236 e. The largest absolute Gasteiger partial charge is 0.491 e. The van der Waals surface area contributed by atoms with E-state index in [1.165, 1.54) is 24.0 Å². The van der Waals surface area contributed by atoms with Crippen molar-refractivity contribution in [2.75, 3.05) is 12.4 Å². The molecule has 2 rings (SSSR count). The number of halogens is 1. The summed E-state index contributed by atoms with van der Waals surface area (Å²) in [6.07, 6.45) is 2.24. The molecule has 7 heteroatoms. The van der Waals surface area contributed by atoms with Crippen molar-refractivity contribution in [3.8, 4) is 5.75 Å². The maximum atomic E-state index is 13.7. The Hall–Kier alpha value is -1.89. The normalized spacial score (nSPS) is 16.9. The van der Waals surface area contributed by atoms with Crippen molar-refractivity contribution < 1.29 is 13.9 Å². The molecule has 1 N–H and O–H groups in total. The molecule has 1 heterocycles. The van der Waals surface area contributed by atoms with Crippen LogP contribution in [-0.4, -0.2) is 29.6 Å². The topological polar surface area (TPSA) is 63.1 Å². The van der Waals surface area contributed by atoms with Gasteiger partial charge in [0.25, 0.3) is 0 Å². The zero-order chi connectivity index (χ0) is 14.4. The van der Waals surface area contributed by atoms with Crippen LogP contribution >= 0.6 is 11.8 Å².